The van der Waals surface area contributed by atoms with Crippen molar-refractivity contribution in [3.63, 3.8) is 0 Å². The summed E-state index contributed by atoms with van der Waals surface area (Å²) >= 11 is 2.12. The highest BCUT2D eigenvalue weighted by Gasteiger charge is 2.36. The van der Waals surface area contributed by atoms with Gasteiger partial charge < -0.3 is 15.0 Å². The Morgan fingerprint density at radius 2 is 1.93 bits per heavy atom. The van der Waals surface area contributed by atoms with E-state index in [-0.39, 0.29) is 31.4 Å². The zero-order valence-corrected chi connectivity index (χ0v) is 16.9. The van der Waals surface area contributed by atoms with Gasteiger partial charge in [0.2, 0.25) is 0 Å². The molecule has 140 valence electrons. The molecule has 2 aromatic carbocycles. The summed E-state index contributed by atoms with van der Waals surface area (Å²) in [4.78, 5) is 39.5. The average molecular weight is 478 g/mol. The molecule has 0 saturated carbocycles. The second-order valence-corrected chi connectivity index (χ2v) is 7.29. The zero-order valence-electron chi connectivity index (χ0n) is 14.8. The lowest BCUT2D eigenvalue weighted by Gasteiger charge is -2.28. The fourth-order valence-electron chi connectivity index (χ4n) is 3.06. The Kier molecular flexibility index (Phi) is 6.10. The van der Waals surface area contributed by atoms with Gasteiger partial charge in [0.25, 0.3) is 11.8 Å². The maximum atomic E-state index is 13.3. The lowest BCUT2D eigenvalue weighted by atomic mass is 10.0. The number of ether oxygens (including phenoxy) is 1. The molecule has 1 aliphatic heterocycles. The van der Waals surface area contributed by atoms with Crippen LogP contribution in [0.2, 0.25) is 0 Å². The molecule has 2 aromatic rings. The third kappa shape index (κ3) is 4.29. The largest absolute Gasteiger partial charge is 0.466 e. The van der Waals surface area contributed by atoms with Gasteiger partial charge >= 0.3 is 5.97 Å². The third-order valence-electron chi connectivity index (χ3n) is 4.27. The van der Waals surface area contributed by atoms with Crippen molar-refractivity contribution >= 4 is 46.1 Å². The fourth-order valence-corrected chi connectivity index (χ4v) is 3.55. The van der Waals surface area contributed by atoms with Gasteiger partial charge in [-0.2, -0.15) is 0 Å². The molecule has 1 heterocycles. The maximum absolute atomic E-state index is 13.3. The number of carbonyl (C=O) groups is 3. The molecular weight excluding hydrogens is 459 g/mol. The first kappa shape index (κ1) is 19.3. The lowest BCUT2D eigenvalue weighted by Crippen LogP contribution is -2.40. The number of amides is 2. The Bertz CT molecular complexity index is 870. The van der Waals surface area contributed by atoms with Gasteiger partial charge in [0.05, 0.1) is 24.3 Å². The van der Waals surface area contributed by atoms with Gasteiger partial charge in [-0.1, -0.05) is 30.3 Å². The Labute approximate surface area is 171 Å². The smallest absolute Gasteiger partial charge is 0.307 e. The van der Waals surface area contributed by atoms with Gasteiger partial charge in [0, 0.05) is 10.1 Å². The van der Waals surface area contributed by atoms with E-state index in [4.69, 9.17) is 4.74 Å². The number of nitrogens with zero attached hydrogens (tertiary/aromatic N) is 1. The topological polar surface area (TPSA) is 75.7 Å². The molecule has 0 aliphatic carbocycles. The molecule has 3 rings (SSSR count). The Hall–Kier alpha value is -2.42. The zero-order chi connectivity index (χ0) is 19.4. The first-order valence-electron chi connectivity index (χ1n) is 8.63. The van der Waals surface area contributed by atoms with Gasteiger partial charge in [-0.25, -0.2) is 0 Å². The van der Waals surface area contributed by atoms with E-state index < -0.39 is 12.0 Å². The van der Waals surface area contributed by atoms with E-state index in [0.29, 0.717) is 16.8 Å². The highest BCUT2D eigenvalue weighted by molar-refractivity contribution is 14.1. The summed E-state index contributed by atoms with van der Waals surface area (Å²) < 4.78 is 5.86. The van der Waals surface area contributed by atoms with Crippen LogP contribution >= 0.6 is 22.6 Å². The number of anilines is 1. The molecule has 27 heavy (non-hydrogen) atoms. The standard InChI is InChI=1S/C20H19IN2O4/c1-2-27-17(24)10-11-23-18(13-6-4-3-5-7-13)19(25)22-16-9-8-14(21)12-15(16)20(23)26/h3-9,12,18H,2,10-11H2,1H3,(H,22,25). The Balaban J connectivity index is 2.01. The molecule has 1 N–H and O–H groups in total. The number of benzene rings is 2. The summed E-state index contributed by atoms with van der Waals surface area (Å²) in [6.45, 7) is 2.10. The highest BCUT2D eigenvalue weighted by Crippen LogP contribution is 2.31. The van der Waals surface area contributed by atoms with Crippen molar-refractivity contribution in [3.05, 3.63) is 63.2 Å². The molecule has 0 spiro atoms. The molecule has 7 heteroatoms. The van der Waals surface area contributed by atoms with E-state index in [1.54, 1.807) is 31.2 Å². The summed E-state index contributed by atoms with van der Waals surface area (Å²) in [6, 6.07) is 13.6. The monoisotopic (exact) mass is 478 g/mol. The minimum Gasteiger partial charge on any atom is -0.466 e. The van der Waals surface area contributed by atoms with Crippen LogP contribution in [0, 0.1) is 3.57 Å². The molecule has 6 nitrogen and oxygen atoms in total. The number of hydrogen-bond acceptors (Lipinski definition) is 4. The van der Waals surface area contributed by atoms with E-state index in [1.165, 1.54) is 4.90 Å². The molecule has 0 aromatic heterocycles. The van der Waals surface area contributed by atoms with Crippen LogP contribution in [0.1, 0.15) is 35.3 Å². The summed E-state index contributed by atoms with van der Waals surface area (Å²) in [7, 11) is 0. The number of fused-ring (bicyclic) bond motifs is 1. The molecule has 0 radical (unpaired) electrons. The van der Waals surface area contributed by atoms with Crippen molar-refractivity contribution in [2.45, 2.75) is 19.4 Å². The highest BCUT2D eigenvalue weighted by atomic mass is 127. The number of hydrogen-bond donors (Lipinski definition) is 1. The van der Waals surface area contributed by atoms with Gasteiger partial charge in [-0.15, -0.1) is 0 Å². The van der Waals surface area contributed by atoms with E-state index >= 15 is 0 Å². The summed E-state index contributed by atoms with van der Waals surface area (Å²) in [5.41, 5.74) is 1.58. The first-order valence-corrected chi connectivity index (χ1v) is 9.71. The van der Waals surface area contributed by atoms with Crippen LogP contribution in [0.15, 0.2) is 48.5 Å². The van der Waals surface area contributed by atoms with Crippen LogP contribution in [0.3, 0.4) is 0 Å². The quantitative estimate of drug-likeness (QED) is 0.529. The lowest BCUT2D eigenvalue weighted by molar-refractivity contribution is -0.143. The van der Waals surface area contributed by atoms with Crippen LogP contribution in [0.4, 0.5) is 5.69 Å². The van der Waals surface area contributed by atoms with E-state index in [0.717, 1.165) is 3.57 Å². The number of esters is 1. The minimum absolute atomic E-state index is 0.0233. The summed E-state index contributed by atoms with van der Waals surface area (Å²) in [6.07, 6.45) is 0.0233. The SMILES string of the molecule is CCOC(=O)CCN1C(=O)c2cc(I)ccc2NC(=O)C1c1ccccc1. The van der Waals surface area contributed by atoms with Crippen molar-refractivity contribution in [2.75, 3.05) is 18.5 Å². The van der Waals surface area contributed by atoms with Crippen LogP contribution in [-0.4, -0.2) is 35.8 Å². The summed E-state index contributed by atoms with van der Waals surface area (Å²) in [5, 5.41) is 2.85. The maximum Gasteiger partial charge on any atom is 0.307 e. The number of nitrogens with one attached hydrogen (secondary N) is 1. The van der Waals surface area contributed by atoms with E-state index in [2.05, 4.69) is 27.9 Å². The Morgan fingerprint density at radius 3 is 2.63 bits per heavy atom. The van der Waals surface area contributed by atoms with E-state index in [1.807, 2.05) is 24.3 Å². The molecule has 1 aliphatic rings. The Morgan fingerprint density at radius 1 is 1.19 bits per heavy atom. The molecule has 1 atom stereocenters. The van der Waals surface area contributed by atoms with E-state index in [9.17, 15) is 14.4 Å². The minimum atomic E-state index is -0.821. The van der Waals surface area contributed by atoms with Crippen molar-refractivity contribution in [1.82, 2.24) is 4.90 Å². The molecular formula is C20H19IN2O4. The van der Waals surface area contributed by atoms with Crippen molar-refractivity contribution in [3.8, 4) is 0 Å². The van der Waals surface area contributed by atoms with Crippen LogP contribution in [0.25, 0.3) is 0 Å². The number of rotatable bonds is 5. The molecule has 2 amide bonds. The molecule has 1 unspecified atom stereocenters. The van der Waals surface area contributed by atoms with Crippen LogP contribution in [0.5, 0.6) is 0 Å². The predicted molar refractivity (Wildman–Crippen MR) is 109 cm³/mol. The number of halogens is 1. The van der Waals surface area contributed by atoms with Crippen LogP contribution < -0.4 is 5.32 Å². The average Bonchev–Trinajstić information content (AvgIpc) is 2.76. The predicted octanol–water partition coefficient (Wildman–Crippen LogP) is 3.38. The molecule has 0 saturated heterocycles. The van der Waals surface area contributed by atoms with Gasteiger partial charge in [0.15, 0.2) is 0 Å². The second kappa shape index (κ2) is 8.51. The summed E-state index contributed by atoms with van der Waals surface area (Å²) in [5.74, 6) is -0.997. The fraction of sp³-hybridized carbons (Fsp3) is 0.250. The van der Waals surface area contributed by atoms with Crippen LogP contribution in [-0.2, 0) is 14.3 Å². The van der Waals surface area contributed by atoms with Crippen molar-refractivity contribution in [2.24, 2.45) is 0 Å². The van der Waals surface area contributed by atoms with Gasteiger partial charge in [-0.3, -0.25) is 14.4 Å². The van der Waals surface area contributed by atoms with Crippen molar-refractivity contribution < 1.29 is 19.1 Å². The number of carbonyl (C=O) groups excluding carboxylic acids is 3. The first-order chi connectivity index (χ1) is 13.0. The van der Waals surface area contributed by atoms with Gasteiger partial charge in [-0.05, 0) is 53.3 Å². The van der Waals surface area contributed by atoms with Gasteiger partial charge in [0.1, 0.15) is 6.04 Å². The molecule has 0 bridgehead atoms. The third-order valence-corrected chi connectivity index (χ3v) is 4.94. The molecule has 0 fully saturated rings. The normalized spacial score (nSPS) is 16.4. The van der Waals surface area contributed by atoms with Crippen molar-refractivity contribution in [1.29, 1.82) is 0 Å². The second-order valence-electron chi connectivity index (χ2n) is 6.05.